The van der Waals surface area contributed by atoms with Crippen LogP contribution in [-0.2, 0) is 37.8 Å². The molecule has 2 fully saturated rings. The SMILES string of the molecule is CCOC(=O)CC[CH-]C(=O)N1CCC[C@H]1c1ccc(Cl)c(Cl)c1.[CH2-]CC(CCc1ccccc1)N1[CH-]CC(N)C1.[Mn+3]. The molecule has 2 aromatic carbocycles. The van der Waals surface area contributed by atoms with E-state index >= 15 is 0 Å². The van der Waals surface area contributed by atoms with E-state index in [9.17, 15) is 9.59 Å². The van der Waals surface area contributed by atoms with E-state index in [2.05, 4.69) is 48.7 Å². The Morgan fingerprint density at radius 1 is 1.20 bits per heavy atom. The fraction of sp³-hybridized carbons (Fsp3) is 0.469. The van der Waals surface area contributed by atoms with Crippen LogP contribution in [0.25, 0.3) is 0 Å². The number of amides is 1. The van der Waals surface area contributed by atoms with E-state index in [0.717, 1.165) is 50.6 Å². The summed E-state index contributed by atoms with van der Waals surface area (Å²) in [5, 5.41) is 1.00. The number of carbonyl (C=O) groups excluding carboxylic acids is 2. The molecule has 224 valence electrons. The molecule has 0 saturated carbocycles. The summed E-state index contributed by atoms with van der Waals surface area (Å²) in [6.45, 7) is 10.1. The summed E-state index contributed by atoms with van der Waals surface area (Å²) in [6, 6.07) is 17.0. The Labute approximate surface area is 266 Å². The second-order valence-corrected chi connectivity index (χ2v) is 11.1. The number of carbonyl (C=O) groups is 2. The normalized spacial score (nSPS) is 19.1. The second-order valence-electron chi connectivity index (χ2n) is 10.3. The van der Waals surface area contributed by atoms with Gasteiger partial charge in [0.15, 0.2) is 0 Å². The summed E-state index contributed by atoms with van der Waals surface area (Å²) in [7, 11) is 0. The van der Waals surface area contributed by atoms with Gasteiger partial charge in [-0.25, -0.2) is 0 Å². The smallest absolute Gasteiger partial charge is 0.466 e. The Bertz CT molecular complexity index is 1080. The predicted molar refractivity (Wildman–Crippen MR) is 162 cm³/mol. The van der Waals surface area contributed by atoms with Crippen LogP contribution in [0.15, 0.2) is 48.5 Å². The standard InChI is InChI=1S/C17H20Cl2NO3.C15H22N2.Mn/c1-2-23-17(22)7-3-6-16(21)20-10-4-5-15(20)12-8-9-13(18)14(19)11-12;1-2-15(17-11-10-14(16)12-17)9-8-13-6-4-3-5-7-13;/h6,8-9,11,15H,2-5,7,10H2,1H3;3-7,11,14-15H,1-2,8-10,12,16H2;/q-1;-2;+3/t15-;;/m0../s1. The monoisotopic (exact) mass is 641 g/mol. The number of nitrogens with two attached hydrogens (primary N) is 1. The van der Waals surface area contributed by atoms with Crippen LogP contribution in [0.2, 0.25) is 10.0 Å². The molecule has 0 spiro atoms. The third kappa shape index (κ3) is 11.5. The number of aryl methyl sites for hydroxylation is 1. The van der Waals surface area contributed by atoms with Gasteiger partial charge in [0.2, 0.25) is 0 Å². The average molecular weight is 643 g/mol. The molecular formula is C32H42Cl2MnN3O3. The number of esters is 1. The van der Waals surface area contributed by atoms with Gasteiger partial charge in [0.1, 0.15) is 0 Å². The van der Waals surface area contributed by atoms with E-state index in [4.69, 9.17) is 33.7 Å². The van der Waals surface area contributed by atoms with E-state index in [0.29, 0.717) is 41.7 Å². The molecule has 2 unspecified atom stereocenters. The van der Waals surface area contributed by atoms with E-state index in [1.54, 1.807) is 19.4 Å². The van der Waals surface area contributed by atoms with Gasteiger partial charge >= 0.3 is 23.0 Å². The Morgan fingerprint density at radius 2 is 1.95 bits per heavy atom. The predicted octanol–water partition coefficient (Wildman–Crippen LogP) is 6.61. The molecule has 2 saturated heterocycles. The number of nitrogens with zero attached hydrogens (tertiary/aromatic N) is 2. The summed E-state index contributed by atoms with van der Waals surface area (Å²) in [4.78, 5) is 27.9. The van der Waals surface area contributed by atoms with Crippen molar-refractivity contribution in [2.75, 3.05) is 19.7 Å². The number of hydrogen-bond acceptors (Lipinski definition) is 5. The van der Waals surface area contributed by atoms with Crippen molar-refractivity contribution < 1.29 is 31.4 Å². The van der Waals surface area contributed by atoms with Crippen molar-refractivity contribution in [3.8, 4) is 0 Å². The topological polar surface area (TPSA) is 75.9 Å². The zero-order valence-corrected chi connectivity index (χ0v) is 26.5. The largest absolute Gasteiger partial charge is 3.00 e. The molecule has 2 N–H and O–H groups in total. The molecular weight excluding hydrogens is 600 g/mol. The number of benzene rings is 2. The molecule has 41 heavy (non-hydrogen) atoms. The van der Waals surface area contributed by atoms with Gasteiger partial charge in [-0.15, -0.1) is 6.42 Å². The average Bonchev–Trinajstić information content (AvgIpc) is 3.61. The molecule has 4 rings (SSSR count). The maximum Gasteiger partial charge on any atom is 3.00 e. The number of rotatable bonds is 11. The van der Waals surface area contributed by atoms with Crippen molar-refractivity contribution in [2.45, 2.75) is 76.4 Å². The number of ether oxygens (including phenoxy) is 1. The minimum absolute atomic E-state index is 0. The molecule has 9 heteroatoms. The van der Waals surface area contributed by atoms with Gasteiger partial charge < -0.3 is 38.4 Å². The van der Waals surface area contributed by atoms with Crippen molar-refractivity contribution >= 4 is 35.1 Å². The molecule has 0 radical (unpaired) electrons. The molecule has 6 nitrogen and oxygen atoms in total. The second kappa shape index (κ2) is 18.7. The third-order valence-electron chi connectivity index (χ3n) is 7.34. The zero-order chi connectivity index (χ0) is 28.9. The van der Waals surface area contributed by atoms with Crippen LogP contribution in [0.4, 0.5) is 0 Å². The first-order chi connectivity index (χ1) is 19.3. The Hall–Kier alpha value is -1.73. The van der Waals surface area contributed by atoms with Crippen molar-refractivity contribution in [2.24, 2.45) is 5.73 Å². The van der Waals surface area contributed by atoms with Crippen molar-refractivity contribution in [1.82, 2.24) is 9.80 Å². The van der Waals surface area contributed by atoms with Gasteiger partial charge in [-0.05, 0) is 74.5 Å². The van der Waals surface area contributed by atoms with Crippen LogP contribution in [0.5, 0.6) is 0 Å². The van der Waals surface area contributed by atoms with Crippen LogP contribution in [-0.4, -0.2) is 53.5 Å². The summed E-state index contributed by atoms with van der Waals surface area (Å²) in [5.74, 6) is -0.332. The summed E-state index contributed by atoms with van der Waals surface area (Å²) in [6.07, 6.45) is 8.28. The molecule has 0 bridgehead atoms. The number of halogens is 2. The van der Waals surface area contributed by atoms with E-state index in [-0.39, 0.29) is 41.4 Å². The molecule has 1 amide bonds. The van der Waals surface area contributed by atoms with Gasteiger partial charge in [0.05, 0.1) is 28.6 Å². The summed E-state index contributed by atoms with van der Waals surface area (Å²) >= 11 is 12.0. The first kappa shape index (κ1) is 35.5. The third-order valence-corrected chi connectivity index (χ3v) is 8.08. The van der Waals surface area contributed by atoms with Crippen LogP contribution < -0.4 is 5.73 Å². The van der Waals surface area contributed by atoms with Crippen LogP contribution >= 0.6 is 23.2 Å². The molecule has 0 aromatic heterocycles. The van der Waals surface area contributed by atoms with E-state index < -0.39 is 0 Å². The Morgan fingerprint density at radius 3 is 2.59 bits per heavy atom. The van der Waals surface area contributed by atoms with Gasteiger partial charge in [-0.2, -0.15) is 12.8 Å². The summed E-state index contributed by atoms with van der Waals surface area (Å²) in [5.41, 5.74) is 8.33. The minimum atomic E-state index is -0.279. The molecule has 2 aliphatic rings. The van der Waals surface area contributed by atoms with Crippen molar-refractivity contribution in [3.63, 3.8) is 0 Å². The van der Waals surface area contributed by atoms with Crippen molar-refractivity contribution in [3.05, 3.63) is 89.6 Å². The fourth-order valence-corrected chi connectivity index (χ4v) is 5.51. The minimum Gasteiger partial charge on any atom is -0.466 e. The van der Waals surface area contributed by atoms with Gasteiger partial charge in [0, 0.05) is 13.0 Å². The number of hydrogen-bond donors (Lipinski definition) is 1. The van der Waals surface area contributed by atoms with Gasteiger partial charge in [-0.1, -0.05) is 59.6 Å². The van der Waals surface area contributed by atoms with Crippen molar-refractivity contribution in [1.29, 1.82) is 0 Å². The summed E-state index contributed by atoms with van der Waals surface area (Å²) < 4.78 is 4.85. The maximum absolute atomic E-state index is 12.4. The van der Waals surface area contributed by atoms with Crippen LogP contribution in [0, 0.1) is 19.9 Å². The van der Waals surface area contributed by atoms with Crippen LogP contribution in [0.3, 0.4) is 0 Å². The first-order valence-corrected chi connectivity index (χ1v) is 15.0. The Balaban J connectivity index is 0.000000292. The van der Waals surface area contributed by atoms with Gasteiger partial charge in [0.25, 0.3) is 0 Å². The number of likely N-dealkylation sites (tertiary alicyclic amines) is 2. The van der Waals surface area contributed by atoms with E-state index in [1.807, 2.05) is 17.0 Å². The van der Waals surface area contributed by atoms with Gasteiger partial charge in [-0.3, -0.25) is 11.3 Å². The Kier molecular flexibility index (Phi) is 16.2. The molecule has 3 atom stereocenters. The first-order valence-electron chi connectivity index (χ1n) is 14.2. The molecule has 2 heterocycles. The maximum atomic E-state index is 12.4. The fourth-order valence-electron chi connectivity index (χ4n) is 5.20. The molecule has 0 aliphatic carbocycles. The van der Waals surface area contributed by atoms with Crippen LogP contribution in [0.1, 0.15) is 69.0 Å². The molecule has 2 aromatic rings. The van der Waals surface area contributed by atoms with E-state index in [1.165, 1.54) is 5.56 Å². The quantitative estimate of drug-likeness (QED) is 0.170. The molecule has 2 aliphatic heterocycles. The zero-order valence-electron chi connectivity index (χ0n) is 23.8.